The zero-order chi connectivity index (χ0) is 7.68. The molecular formula is C10H16O. The van der Waals surface area contributed by atoms with E-state index in [1.54, 1.807) is 0 Å². The van der Waals surface area contributed by atoms with Gasteiger partial charge in [0.2, 0.25) is 0 Å². The van der Waals surface area contributed by atoms with E-state index in [0.717, 1.165) is 12.3 Å². The molecule has 0 aromatic heterocycles. The maximum Gasteiger partial charge on any atom is 0.0573 e. The molecule has 0 bridgehead atoms. The third-order valence-electron chi connectivity index (χ3n) is 3.18. The number of fused-ring (bicyclic) bond motifs is 1. The summed E-state index contributed by atoms with van der Waals surface area (Å²) < 4.78 is 0. The predicted octanol–water partition coefficient (Wildman–Crippen LogP) is 2.11. The van der Waals surface area contributed by atoms with Crippen molar-refractivity contribution in [2.24, 2.45) is 11.8 Å². The van der Waals surface area contributed by atoms with E-state index < -0.39 is 0 Å². The molecule has 2 aliphatic rings. The Bertz CT molecular complexity index is 162. The molecule has 0 heterocycles. The van der Waals surface area contributed by atoms with Gasteiger partial charge in [0.25, 0.3) is 0 Å². The maximum absolute atomic E-state index is 9.44. The molecule has 0 aromatic carbocycles. The topological polar surface area (TPSA) is 20.2 Å². The first kappa shape index (κ1) is 7.35. The van der Waals surface area contributed by atoms with Crippen molar-refractivity contribution in [2.45, 2.75) is 38.2 Å². The Kier molecular flexibility index (Phi) is 1.99. The highest BCUT2D eigenvalue weighted by atomic mass is 16.3. The summed E-state index contributed by atoms with van der Waals surface area (Å²) in [6.45, 7) is 0. The van der Waals surface area contributed by atoms with Crippen molar-refractivity contribution >= 4 is 0 Å². The summed E-state index contributed by atoms with van der Waals surface area (Å²) in [7, 11) is 0. The minimum atomic E-state index is 0.0338. The molecule has 2 rings (SSSR count). The molecule has 11 heavy (non-hydrogen) atoms. The largest absolute Gasteiger partial charge is 0.393 e. The minimum Gasteiger partial charge on any atom is -0.393 e. The summed E-state index contributed by atoms with van der Waals surface area (Å²) in [6, 6.07) is 0. The van der Waals surface area contributed by atoms with Crippen LogP contribution in [0.3, 0.4) is 0 Å². The van der Waals surface area contributed by atoms with Crippen molar-refractivity contribution < 1.29 is 5.11 Å². The van der Waals surface area contributed by atoms with E-state index in [1.165, 1.54) is 25.7 Å². The smallest absolute Gasteiger partial charge is 0.0573 e. The SMILES string of the molecule is OC1CC2CC/C=C\CCC12. The highest BCUT2D eigenvalue weighted by Gasteiger charge is 2.38. The molecular weight excluding hydrogens is 136 g/mol. The number of allylic oxidation sites excluding steroid dienone is 2. The highest BCUT2D eigenvalue weighted by molar-refractivity contribution is 4.95. The van der Waals surface area contributed by atoms with Crippen LogP contribution in [0.25, 0.3) is 0 Å². The summed E-state index contributed by atoms with van der Waals surface area (Å²) in [5.74, 6) is 1.48. The third-order valence-corrected chi connectivity index (χ3v) is 3.18. The van der Waals surface area contributed by atoms with Crippen LogP contribution >= 0.6 is 0 Å². The summed E-state index contributed by atoms with van der Waals surface area (Å²) in [6.07, 6.45) is 10.6. The number of hydrogen-bond donors (Lipinski definition) is 1. The van der Waals surface area contributed by atoms with Gasteiger partial charge in [-0.05, 0) is 43.9 Å². The Labute approximate surface area is 68.1 Å². The lowest BCUT2D eigenvalue weighted by Crippen LogP contribution is -2.41. The summed E-state index contributed by atoms with van der Waals surface area (Å²) in [5.41, 5.74) is 0. The van der Waals surface area contributed by atoms with Gasteiger partial charge in [0.1, 0.15) is 0 Å². The molecule has 1 heteroatoms. The Morgan fingerprint density at radius 2 is 1.82 bits per heavy atom. The van der Waals surface area contributed by atoms with Gasteiger partial charge < -0.3 is 5.11 Å². The fraction of sp³-hybridized carbons (Fsp3) is 0.800. The van der Waals surface area contributed by atoms with E-state index in [-0.39, 0.29) is 6.10 Å². The first-order chi connectivity index (χ1) is 5.38. The Balaban J connectivity index is 1.95. The van der Waals surface area contributed by atoms with Crippen molar-refractivity contribution in [3.8, 4) is 0 Å². The number of aliphatic hydroxyl groups is 1. The minimum absolute atomic E-state index is 0.0338. The molecule has 0 radical (unpaired) electrons. The van der Waals surface area contributed by atoms with Gasteiger partial charge in [-0.3, -0.25) is 0 Å². The van der Waals surface area contributed by atoms with E-state index in [9.17, 15) is 5.11 Å². The van der Waals surface area contributed by atoms with E-state index >= 15 is 0 Å². The van der Waals surface area contributed by atoms with Gasteiger partial charge in [-0.25, -0.2) is 0 Å². The van der Waals surface area contributed by atoms with Crippen LogP contribution in [0.5, 0.6) is 0 Å². The first-order valence-electron chi connectivity index (χ1n) is 4.71. The van der Waals surface area contributed by atoms with E-state index in [2.05, 4.69) is 12.2 Å². The maximum atomic E-state index is 9.44. The second-order valence-electron chi connectivity index (χ2n) is 3.85. The van der Waals surface area contributed by atoms with E-state index in [0.29, 0.717) is 5.92 Å². The van der Waals surface area contributed by atoms with Gasteiger partial charge in [-0.2, -0.15) is 0 Å². The average Bonchev–Trinajstić information content (AvgIpc) is 1.96. The monoisotopic (exact) mass is 152 g/mol. The zero-order valence-electron chi connectivity index (χ0n) is 6.87. The van der Waals surface area contributed by atoms with Gasteiger partial charge in [-0.15, -0.1) is 0 Å². The average molecular weight is 152 g/mol. The molecule has 0 aliphatic heterocycles. The molecule has 1 saturated carbocycles. The molecule has 1 nitrogen and oxygen atoms in total. The van der Waals surface area contributed by atoms with E-state index in [4.69, 9.17) is 0 Å². The number of rotatable bonds is 0. The first-order valence-corrected chi connectivity index (χ1v) is 4.71. The molecule has 0 saturated heterocycles. The summed E-state index contributed by atoms with van der Waals surface area (Å²) in [4.78, 5) is 0. The van der Waals surface area contributed by atoms with Crippen molar-refractivity contribution in [3.63, 3.8) is 0 Å². The van der Waals surface area contributed by atoms with Crippen molar-refractivity contribution in [1.29, 1.82) is 0 Å². The van der Waals surface area contributed by atoms with Crippen LogP contribution in [0.1, 0.15) is 32.1 Å². The Hall–Kier alpha value is -0.300. The second kappa shape index (κ2) is 2.98. The van der Waals surface area contributed by atoms with Crippen LogP contribution in [0, 0.1) is 11.8 Å². The van der Waals surface area contributed by atoms with Crippen molar-refractivity contribution in [1.82, 2.24) is 0 Å². The predicted molar refractivity (Wildman–Crippen MR) is 45.2 cm³/mol. The Morgan fingerprint density at radius 1 is 1.09 bits per heavy atom. The lowest BCUT2D eigenvalue weighted by Gasteiger charge is -2.42. The molecule has 1 fully saturated rings. The fourth-order valence-corrected chi connectivity index (χ4v) is 2.37. The summed E-state index contributed by atoms with van der Waals surface area (Å²) in [5, 5.41) is 9.44. The zero-order valence-corrected chi connectivity index (χ0v) is 6.87. The molecule has 62 valence electrons. The standard InChI is InChI=1S/C10H16O/c11-10-7-8-5-3-1-2-4-6-9(8)10/h1-2,8-11H,3-7H2/b2-1-. The van der Waals surface area contributed by atoms with Crippen molar-refractivity contribution in [2.75, 3.05) is 0 Å². The van der Waals surface area contributed by atoms with Crippen molar-refractivity contribution in [3.05, 3.63) is 12.2 Å². The molecule has 1 N–H and O–H groups in total. The van der Waals surface area contributed by atoms with Gasteiger partial charge in [0.05, 0.1) is 6.10 Å². The molecule has 0 amide bonds. The second-order valence-corrected chi connectivity index (χ2v) is 3.85. The number of aliphatic hydroxyl groups excluding tert-OH is 1. The molecule has 3 unspecified atom stereocenters. The van der Waals surface area contributed by atoms with Gasteiger partial charge >= 0.3 is 0 Å². The third kappa shape index (κ3) is 1.34. The van der Waals surface area contributed by atoms with Crippen LogP contribution < -0.4 is 0 Å². The van der Waals surface area contributed by atoms with Crippen LogP contribution in [-0.2, 0) is 0 Å². The van der Waals surface area contributed by atoms with E-state index in [1.807, 2.05) is 0 Å². The molecule has 0 aromatic rings. The molecule has 3 atom stereocenters. The summed E-state index contributed by atoms with van der Waals surface area (Å²) >= 11 is 0. The fourth-order valence-electron chi connectivity index (χ4n) is 2.37. The molecule has 2 aliphatic carbocycles. The van der Waals surface area contributed by atoms with Gasteiger partial charge in [-0.1, -0.05) is 12.2 Å². The lowest BCUT2D eigenvalue weighted by molar-refractivity contribution is -0.0408. The van der Waals surface area contributed by atoms with Gasteiger partial charge in [0.15, 0.2) is 0 Å². The van der Waals surface area contributed by atoms with Crippen LogP contribution in [-0.4, -0.2) is 11.2 Å². The lowest BCUT2D eigenvalue weighted by atomic mass is 9.66. The quantitative estimate of drug-likeness (QED) is 0.527. The Morgan fingerprint density at radius 3 is 2.55 bits per heavy atom. The van der Waals surface area contributed by atoms with Crippen LogP contribution in [0.2, 0.25) is 0 Å². The number of hydrogen-bond acceptors (Lipinski definition) is 1. The molecule has 0 spiro atoms. The normalized spacial score (nSPS) is 46.5. The highest BCUT2D eigenvalue weighted by Crippen LogP contribution is 2.41. The van der Waals surface area contributed by atoms with Gasteiger partial charge in [0, 0.05) is 0 Å². The van der Waals surface area contributed by atoms with Crippen LogP contribution in [0.4, 0.5) is 0 Å². The van der Waals surface area contributed by atoms with Crippen LogP contribution in [0.15, 0.2) is 12.2 Å².